The Morgan fingerprint density at radius 1 is 1.26 bits per heavy atom. The first kappa shape index (κ1) is 19.2. The summed E-state index contributed by atoms with van der Waals surface area (Å²) in [5, 5.41) is 2.78. The summed E-state index contributed by atoms with van der Waals surface area (Å²) in [5.74, 6) is 0.478. The maximum atomic E-state index is 13.2. The minimum Gasteiger partial charge on any atom is -0.366 e. The average Bonchev–Trinajstić information content (AvgIpc) is 3.20. The van der Waals surface area contributed by atoms with E-state index in [-0.39, 0.29) is 12.1 Å². The number of anilines is 3. The highest BCUT2D eigenvalue weighted by Crippen LogP contribution is 2.40. The molecule has 0 spiro atoms. The highest BCUT2D eigenvalue weighted by atomic mass is 19.1. The summed E-state index contributed by atoms with van der Waals surface area (Å²) in [7, 11) is 1.74. The van der Waals surface area contributed by atoms with Crippen molar-refractivity contribution in [3.63, 3.8) is 0 Å². The molecule has 0 aliphatic carbocycles. The number of hydrogen-bond acceptors (Lipinski definition) is 5. The minimum absolute atomic E-state index is 0.0225. The summed E-state index contributed by atoms with van der Waals surface area (Å²) >= 11 is 0. The zero-order valence-corrected chi connectivity index (χ0v) is 17.0. The fourth-order valence-corrected chi connectivity index (χ4v) is 4.18. The van der Waals surface area contributed by atoms with E-state index in [1.807, 2.05) is 36.4 Å². The van der Waals surface area contributed by atoms with Gasteiger partial charge in [-0.2, -0.15) is 0 Å². The fraction of sp³-hybridized carbons (Fsp3) is 0.217. The molecule has 1 aromatic carbocycles. The van der Waals surface area contributed by atoms with Crippen LogP contribution in [0.5, 0.6) is 0 Å². The lowest BCUT2D eigenvalue weighted by molar-refractivity contribution is 0.254. The molecule has 8 heteroatoms. The third-order valence-electron chi connectivity index (χ3n) is 5.59. The predicted molar refractivity (Wildman–Crippen MR) is 120 cm³/mol. The maximum Gasteiger partial charge on any atom is 0.329 e. The van der Waals surface area contributed by atoms with Crippen molar-refractivity contribution in [2.45, 2.75) is 12.5 Å². The first-order valence-corrected chi connectivity index (χ1v) is 10.1. The summed E-state index contributed by atoms with van der Waals surface area (Å²) in [6.07, 6.45) is 3.74. The van der Waals surface area contributed by atoms with Gasteiger partial charge in [0.15, 0.2) is 5.82 Å². The van der Waals surface area contributed by atoms with Gasteiger partial charge in [0.2, 0.25) is 0 Å². The first-order valence-electron chi connectivity index (χ1n) is 10.1. The number of carbonyl (C=O) groups excluding carboxylic acids is 1. The summed E-state index contributed by atoms with van der Waals surface area (Å²) in [6.45, 7) is 1.64. The fourth-order valence-electron chi connectivity index (χ4n) is 4.18. The van der Waals surface area contributed by atoms with Crippen LogP contribution in [0.1, 0.15) is 12.0 Å². The average molecular weight is 416 g/mol. The standard InChI is InChI=1S/C23H21FN6O/c1-25-12-15-3-2-4-16(11-15)19-6-7-20-22(27-19)30(18-9-10-29(20)14-18)23(31)28-21-8-5-17(24)13-26-21/h2-8,11-13,18H,9-10,14H2,1H3,(H,26,28,31)/t18-/m0/s1. The van der Waals surface area contributed by atoms with Gasteiger partial charge in [0.05, 0.1) is 23.6 Å². The molecule has 2 aromatic heterocycles. The number of rotatable bonds is 3. The summed E-state index contributed by atoms with van der Waals surface area (Å²) in [4.78, 5) is 30.1. The van der Waals surface area contributed by atoms with Gasteiger partial charge in [-0.25, -0.2) is 19.2 Å². The number of hydrogen-bond donors (Lipinski definition) is 1. The van der Waals surface area contributed by atoms with Gasteiger partial charge in [-0.3, -0.25) is 15.2 Å². The van der Waals surface area contributed by atoms with Gasteiger partial charge in [-0.15, -0.1) is 0 Å². The van der Waals surface area contributed by atoms with Gasteiger partial charge in [0.1, 0.15) is 11.6 Å². The van der Waals surface area contributed by atoms with E-state index in [0.717, 1.165) is 48.2 Å². The lowest BCUT2D eigenvalue weighted by Gasteiger charge is -2.35. The van der Waals surface area contributed by atoms with Crippen LogP contribution in [0.2, 0.25) is 0 Å². The van der Waals surface area contributed by atoms with Crippen molar-refractivity contribution in [1.82, 2.24) is 9.97 Å². The van der Waals surface area contributed by atoms with Gasteiger partial charge in [-0.1, -0.05) is 18.2 Å². The molecule has 2 aliphatic rings. The largest absolute Gasteiger partial charge is 0.366 e. The molecule has 0 radical (unpaired) electrons. The Morgan fingerprint density at radius 2 is 2.16 bits per heavy atom. The molecule has 2 bridgehead atoms. The van der Waals surface area contributed by atoms with Crippen LogP contribution in [0.15, 0.2) is 59.7 Å². The summed E-state index contributed by atoms with van der Waals surface area (Å²) < 4.78 is 13.2. The number of amides is 2. The number of aliphatic imine (C=N–C) groups is 1. The zero-order valence-electron chi connectivity index (χ0n) is 17.0. The van der Waals surface area contributed by atoms with Gasteiger partial charge >= 0.3 is 6.03 Å². The molecule has 1 fully saturated rings. The Balaban J connectivity index is 1.51. The molecule has 5 rings (SSSR count). The molecule has 0 saturated carbocycles. The first-order chi connectivity index (χ1) is 15.1. The summed E-state index contributed by atoms with van der Waals surface area (Å²) in [5.41, 5.74) is 3.66. The van der Waals surface area contributed by atoms with Crippen LogP contribution in [0.3, 0.4) is 0 Å². The zero-order chi connectivity index (χ0) is 21.4. The van der Waals surface area contributed by atoms with E-state index >= 15 is 0 Å². The molecule has 2 amide bonds. The second-order valence-corrected chi connectivity index (χ2v) is 7.60. The van der Waals surface area contributed by atoms with E-state index in [9.17, 15) is 9.18 Å². The topological polar surface area (TPSA) is 73.7 Å². The van der Waals surface area contributed by atoms with Crippen LogP contribution < -0.4 is 15.1 Å². The van der Waals surface area contributed by atoms with E-state index in [1.165, 1.54) is 12.1 Å². The SMILES string of the molecule is CN=Cc1cccc(-c2ccc3c(n2)N(C(=O)Nc2ccc(F)cn2)[C@H]2CCN3C2)c1. The van der Waals surface area contributed by atoms with Crippen LogP contribution in [-0.4, -0.2) is 48.4 Å². The van der Waals surface area contributed by atoms with Gasteiger partial charge in [0.25, 0.3) is 0 Å². The van der Waals surface area contributed by atoms with E-state index in [0.29, 0.717) is 11.6 Å². The smallest absolute Gasteiger partial charge is 0.329 e. The quantitative estimate of drug-likeness (QED) is 0.656. The van der Waals surface area contributed by atoms with Gasteiger partial charge in [-0.05, 0) is 42.3 Å². The second-order valence-electron chi connectivity index (χ2n) is 7.60. The lowest BCUT2D eigenvalue weighted by atomic mass is 10.1. The molecule has 1 atom stereocenters. The van der Waals surface area contributed by atoms with Crippen LogP contribution in [0.25, 0.3) is 11.3 Å². The van der Waals surface area contributed by atoms with E-state index in [1.54, 1.807) is 18.2 Å². The Bertz CT molecular complexity index is 1160. The highest BCUT2D eigenvalue weighted by Gasteiger charge is 2.40. The second kappa shape index (κ2) is 7.79. The molecule has 2 aliphatic heterocycles. The molecular formula is C23H21FN6O. The monoisotopic (exact) mass is 416 g/mol. The molecule has 7 nitrogen and oxygen atoms in total. The Labute approximate surface area is 179 Å². The Morgan fingerprint density at radius 3 is 2.97 bits per heavy atom. The normalized spacial score (nSPS) is 17.2. The van der Waals surface area contributed by atoms with E-state index in [2.05, 4.69) is 20.2 Å². The van der Waals surface area contributed by atoms with Crippen LogP contribution >= 0.6 is 0 Å². The lowest BCUT2D eigenvalue weighted by Crippen LogP contribution is -2.48. The molecular weight excluding hydrogens is 395 g/mol. The Hall–Kier alpha value is -3.81. The number of halogens is 1. The van der Waals surface area contributed by atoms with Crippen LogP contribution in [-0.2, 0) is 0 Å². The number of urea groups is 1. The number of carbonyl (C=O) groups is 1. The molecule has 156 valence electrons. The molecule has 1 saturated heterocycles. The molecule has 31 heavy (non-hydrogen) atoms. The molecule has 3 aromatic rings. The Kier molecular flexibility index (Phi) is 4.82. The van der Waals surface area contributed by atoms with Crippen molar-refractivity contribution in [1.29, 1.82) is 0 Å². The van der Waals surface area contributed by atoms with Crippen LogP contribution in [0.4, 0.5) is 26.5 Å². The molecule has 1 N–H and O–H groups in total. The van der Waals surface area contributed by atoms with Crippen LogP contribution in [0, 0.1) is 5.82 Å². The number of aromatic nitrogens is 2. The number of nitrogens with zero attached hydrogens (tertiary/aromatic N) is 5. The molecule has 4 heterocycles. The third kappa shape index (κ3) is 3.61. The maximum absolute atomic E-state index is 13.2. The highest BCUT2D eigenvalue weighted by molar-refractivity contribution is 6.04. The number of fused-ring (bicyclic) bond motifs is 4. The van der Waals surface area contributed by atoms with Crippen molar-refractivity contribution in [2.24, 2.45) is 4.99 Å². The third-order valence-corrected chi connectivity index (χ3v) is 5.59. The van der Waals surface area contributed by atoms with Crippen molar-refractivity contribution in [2.75, 3.05) is 35.3 Å². The number of pyridine rings is 2. The van der Waals surface area contributed by atoms with E-state index in [4.69, 9.17) is 4.98 Å². The van der Waals surface area contributed by atoms with Gasteiger partial charge in [0, 0.05) is 31.9 Å². The predicted octanol–water partition coefficient (Wildman–Crippen LogP) is 3.96. The number of benzene rings is 1. The van der Waals surface area contributed by atoms with E-state index < -0.39 is 5.82 Å². The number of nitrogens with one attached hydrogen (secondary N) is 1. The van der Waals surface area contributed by atoms with Crippen molar-refractivity contribution in [3.8, 4) is 11.3 Å². The van der Waals surface area contributed by atoms with Gasteiger partial charge < -0.3 is 4.90 Å². The van der Waals surface area contributed by atoms with Crippen molar-refractivity contribution >= 4 is 29.6 Å². The van der Waals surface area contributed by atoms with Crippen molar-refractivity contribution in [3.05, 3.63) is 66.1 Å². The minimum atomic E-state index is -0.450. The summed E-state index contributed by atoms with van der Waals surface area (Å²) in [6, 6.07) is 14.4. The molecule has 0 unspecified atom stereocenters. The van der Waals surface area contributed by atoms with Crippen molar-refractivity contribution < 1.29 is 9.18 Å².